The van der Waals surface area contributed by atoms with Gasteiger partial charge in [0, 0.05) is 46.5 Å². The number of hydrogen-bond acceptors (Lipinski definition) is 6. The summed E-state index contributed by atoms with van der Waals surface area (Å²) < 4.78 is 21.1. The summed E-state index contributed by atoms with van der Waals surface area (Å²) in [4.78, 5) is 29.0. The van der Waals surface area contributed by atoms with Crippen LogP contribution in [0.3, 0.4) is 0 Å². The number of phenols is 1. The van der Waals surface area contributed by atoms with Gasteiger partial charge in [-0.05, 0) is 44.5 Å². The predicted octanol–water partition coefficient (Wildman–Crippen LogP) is 5.25. The maximum Gasteiger partial charge on any atom is 0.310 e. The van der Waals surface area contributed by atoms with Crippen LogP contribution < -0.4 is 0 Å². The van der Waals surface area contributed by atoms with Gasteiger partial charge >= 0.3 is 5.97 Å². The highest BCUT2D eigenvalue weighted by atomic mass is 19.1. The quantitative estimate of drug-likeness (QED) is 0.327. The lowest BCUT2D eigenvalue weighted by molar-refractivity contribution is -0.148. The zero-order valence-electron chi connectivity index (χ0n) is 19.5. The van der Waals surface area contributed by atoms with Gasteiger partial charge in [0.15, 0.2) is 5.82 Å². The molecule has 4 aromatic heterocycles. The van der Waals surface area contributed by atoms with Crippen molar-refractivity contribution < 1.29 is 19.0 Å². The molecule has 0 aliphatic rings. The number of carbonyl (C=O) groups is 1. The number of ether oxygens (including phenoxy) is 1. The number of fused-ring (bicyclic) bond motifs is 2. The number of aromatic nitrogens is 5. The third kappa shape index (κ3) is 3.99. The average molecular weight is 474 g/mol. The number of H-pyrrole nitrogens is 1. The lowest BCUT2D eigenvalue weighted by Crippen LogP contribution is -2.24. The van der Waals surface area contributed by atoms with Crippen LogP contribution in [0.4, 0.5) is 4.39 Å². The molecule has 0 fully saturated rings. The van der Waals surface area contributed by atoms with Crippen molar-refractivity contribution in [3.05, 3.63) is 60.9 Å². The van der Waals surface area contributed by atoms with Crippen LogP contribution in [0.5, 0.6) is 5.75 Å². The van der Waals surface area contributed by atoms with Crippen LogP contribution >= 0.6 is 0 Å². The van der Waals surface area contributed by atoms with Gasteiger partial charge in [0.2, 0.25) is 0 Å². The van der Waals surface area contributed by atoms with Crippen molar-refractivity contribution in [1.82, 2.24) is 24.5 Å². The first kappa shape index (κ1) is 22.5. The molecule has 0 unspecified atom stereocenters. The van der Waals surface area contributed by atoms with Crippen molar-refractivity contribution in [1.29, 1.82) is 0 Å². The second-order valence-corrected chi connectivity index (χ2v) is 8.46. The molecule has 0 radical (unpaired) electrons. The van der Waals surface area contributed by atoms with Gasteiger partial charge in [0.1, 0.15) is 22.9 Å². The Morgan fingerprint density at radius 1 is 1.17 bits per heavy atom. The molecule has 0 bridgehead atoms. The fourth-order valence-corrected chi connectivity index (χ4v) is 4.25. The first-order chi connectivity index (χ1) is 16.9. The van der Waals surface area contributed by atoms with Crippen molar-refractivity contribution >= 4 is 28.0 Å². The van der Waals surface area contributed by atoms with Crippen molar-refractivity contribution in [3.63, 3.8) is 0 Å². The average Bonchev–Trinajstić information content (AvgIpc) is 3.44. The molecule has 2 N–H and O–H groups in total. The molecule has 0 amide bonds. The van der Waals surface area contributed by atoms with Gasteiger partial charge in [0.25, 0.3) is 0 Å². The minimum atomic E-state index is -0.453. The van der Waals surface area contributed by atoms with E-state index in [9.17, 15) is 14.3 Å². The van der Waals surface area contributed by atoms with Crippen molar-refractivity contribution in [2.75, 3.05) is 6.61 Å². The lowest BCUT2D eigenvalue weighted by atomic mass is 10.0. The number of carbonyl (C=O) groups excluding carboxylic acids is 1. The number of halogens is 1. The molecular weight excluding hydrogens is 449 g/mol. The molecule has 4 heterocycles. The van der Waals surface area contributed by atoms with E-state index in [1.807, 2.05) is 30.7 Å². The maximum absolute atomic E-state index is 13.9. The van der Waals surface area contributed by atoms with Gasteiger partial charge in [-0.3, -0.25) is 4.79 Å². The summed E-state index contributed by atoms with van der Waals surface area (Å²) in [5.41, 5.74) is 3.36. The zero-order valence-corrected chi connectivity index (χ0v) is 19.5. The number of aromatic amines is 1. The Morgan fingerprint density at radius 2 is 2.00 bits per heavy atom. The highest BCUT2D eigenvalue weighted by molar-refractivity contribution is 5.97. The second kappa shape index (κ2) is 8.83. The predicted molar refractivity (Wildman–Crippen MR) is 130 cm³/mol. The number of hydrogen-bond donors (Lipinski definition) is 2. The van der Waals surface area contributed by atoms with Crippen LogP contribution in [0.25, 0.3) is 44.6 Å². The molecule has 5 rings (SSSR count). The Bertz CT molecular complexity index is 1560. The van der Waals surface area contributed by atoms with E-state index in [0.29, 0.717) is 34.7 Å². The standard InChI is InChI=1S/C26H24FN5O3/c1-4-35-26(34)14(2)15(3)32-13-22(16-6-5-7-18(33)8-16)21-12-30-24(31-25(21)32)20-11-29-23-19(20)9-17(27)10-28-23/h5-15,33H,4H2,1-3H3,(H,28,29)/t14-,15-/m1/s1. The summed E-state index contributed by atoms with van der Waals surface area (Å²) in [5, 5.41) is 11.4. The third-order valence-corrected chi connectivity index (χ3v) is 6.29. The summed E-state index contributed by atoms with van der Waals surface area (Å²) in [6, 6.07) is 8.03. The number of esters is 1. The van der Waals surface area contributed by atoms with Gasteiger partial charge in [0.05, 0.1) is 18.7 Å². The Balaban J connectivity index is 1.70. The molecule has 0 spiro atoms. The van der Waals surface area contributed by atoms with Gasteiger partial charge < -0.3 is 19.4 Å². The Kier molecular flexibility index (Phi) is 5.68. The summed E-state index contributed by atoms with van der Waals surface area (Å²) in [6.45, 7) is 5.83. The number of pyridine rings is 1. The van der Waals surface area contributed by atoms with Crippen LogP contribution in [-0.4, -0.2) is 42.2 Å². The van der Waals surface area contributed by atoms with Gasteiger partial charge in [-0.15, -0.1) is 0 Å². The second-order valence-electron chi connectivity index (χ2n) is 8.46. The molecule has 35 heavy (non-hydrogen) atoms. The van der Waals surface area contributed by atoms with E-state index < -0.39 is 11.7 Å². The fraction of sp³-hybridized carbons (Fsp3) is 0.231. The maximum atomic E-state index is 13.9. The van der Waals surface area contributed by atoms with E-state index in [1.54, 1.807) is 37.5 Å². The van der Waals surface area contributed by atoms with Crippen LogP contribution in [0.15, 0.2) is 55.1 Å². The molecule has 178 valence electrons. The van der Waals surface area contributed by atoms with E-state index in [-0.39, 0.29) is 17.8 Å². The number of nitrogens with zero attached hydrogens (tertiary/aromatic N) is 4. The van der Waals surface area contributed by atoms with Crippen molar-refractivity contribution in [2.24, 2.45) is 5.92 Å². The van der Waals surface area contributed by atoms with Crippen molar-refractivity contribution in [3.8, 4) is 28.3 Å². The van der Waals surface area contributed by atoms with E-state index in [1.165, 1.54) is 6.07 Å². The smallest absolute Gasteiger partial charge is 0.310 e. The van der Waals surface area contributed by atoms with Gasteiger partial charge in [-0.25, -0.2) is 19.3 Å². The molecule has 1 aromatic carbocycles. The topological polar surface area (TPSA) is 106 Å². The number of benzene rings is 1. The molecule has 5 aromatic rings. The summed E-state index contributed by atoms with van der Waals surface area (Å²) in [7, 11) is 0. The summed E-state index contributed by atoms with van der Waals surface area (Å²) in [6.07, 6.45) is 6.47. The summed E-state index contributed by atoms with van der Waals surface area (Å²) >= 11 is 0. The van der Waals surface area contributed by atoms with Crippen LogP contribution in [0.1, 0.15) is 26.8 Å². The minimum absolute atomic E-state index is 0.141. The first-order valence-corrected chi connectivity index (χ1v) is 11.3. The number of phenolic OH excluding ortho intramolecular Hbond substituents is 1. The SMILES string of the molecule is CCOC(=O)[C@H](C)[C@@H](C)n1cc(-c2cccc(O)c2)c2cnc(-c3c[nH]c4ncc(F)cc34)nc21. The monoisotopic (exact) mass is 473 g/mol. The van der Waals surface area contributed by atoms with E-state index in [4.69, 9.17) is 9.72 Å². The molecule has 0 saturated carbocycles. The van der Waals surface area contributed by atoms with E-state index >= 15 is 0 Å². The molecule has 8 nitrogen and oxygen atoms in total. The lowest BCUT2D eigenvalue weighted by Gasteiger charge is -2.20. The van der Waals surface area contributed by atoms with E-state index in [2.05, 4.69) is 15.0 Å². The normalized spacial score (nSPS) is 13.3. The van der Waals surface area contributed by atoms with Crippen LogP contribution in [0, 0.1) is 11.7 Å². The highest BCUT2D eigenvalue weighted by Crippen LogP contribution is 2.36. The molecule has 0 aliphatic heterocycles. The Hall–Kier alpha value is -4.27. The molecular formula is C26H24FN5O3. The molecule has 0 saturated heterocycles. The first-order valence-electron chi connectivity index (χ1n) is 11.3. The third-order valence-electron chi connectivity index (χ3n) is 6.29. The van der Waals surface area contributed by atoms with E-state index in [0.717, 1.165) is 22.7 Å². The van der Waals surface area contributed by atoms with Gasteiger partial charge in [-0.2, -0.15) is 0 Å². The van der Waals surface area contributed by atoms with Crippen LogP contribution in [-0.2, 0) is 9.53 Å². The largest absolute Gasteiger partial charge is 0.508 e. The van der Waals surface area contributed by atoms with Gasteiger partial charge in [-0.1, -0.05) is 12.1 Å². The summed E-state index contributed by atoms with van der Waals surface area (Å²) in [5.74, 6) is -0.650. The zero-order chi connectivity index (χ0) is 24.7. The number of aromatic hydroxyl groups is 1. The minimum Gasteiger partial charge on any atom is -0.508 e. The molecule has 2 atom stereocenters. The van der Waals surface area contributed by atoms with Crippen molar-refractivity contribution in [2.45, 2.75) is 26.8 Å². The Morgan fingerprint density at radius 3 is 2.77 bits per heavy atom. The fourth-order valence-electron chi connectivity index (χ4n) is 4.25. The highest BCUT2D eigenvalue weighted by Gasteiger charge is 2.26. The number of nitrogens with one attached hydrogen (secondary N) is 1. The Labute approximate surface area is 200 Å². The molecule has 0 aliphatic carbocycles. The number of rotatable bonds is 6. The van der Waals surface area contributed by atoms with Crippen LogP contribution in [0.2, 0.25) is 0 Å². The molecule has 9 heteroatoms.